The Kier molecular flexibility index (Phi) is 2.84. The molecule has 2 aromatic carbocycles. The molecule has 19 heavy (non-hydrogen) atoms. The van der Waals surface area contributed by atoms with E-state index in [2.05, 4.69) is 0 Å². The second-order valence-corrected chi connectivity index (χ2v) is 5.74. The normalized spacial score (nSPS) is 10.8. The molecule has 1 aromatic heterocycles. The summed E-state index contributed by atoms with van der Waals surface area (Å²) in [5.74, 6) is 0. The lowest BCUT2D eigenvalue weighted by Gasteiger charge is -2.07. The molecule has 0 saturated carbocycles. The Labute approximate surface area is 115 Å². The van der Waals surface area contributed by atoms with Gasteiger partial charge in [-0.1, -0.05) is 24.3 Å². The van der Waals surface area contributed by atoms with Crippen molar-refractivity contribution in [3.8, 4) is 11.1 Å². The smallest absolute Gasteiger partial charge is 0.196 e. The molecule has 0 bridgehead atoms. The Bertz CT molecular complexity index is 803. The first-order valence-corrected chi connectivity index (χ1v) is 6.87. The molecular weight excluding hydrogens is 254 g/mol. The molecule has 0 amide bonds. The third-order valence-corrected chi connectivity index (χ3v) is 4.26. The summed E-state index contributed by atoms with van der Waals surface area (Å²) in [6, 6.07) is 15.2. The molecule has 3 heteroatoms. The molecule has 3 rings (SSSR count). The van der Waals surface area contributed by atoms with Gasteiger partial charge in [0.25, 0.3) is 0 Å². The van der Waals surface area contributed by atoms with Crippen molar-refractivity contribution in [3.05, 3.63) is 63.6 Å². The molecule has 0 unspecified atom stereocenters. The van der Waals surface area contributed by atoms with Crippen LogP contribution in [0.5, 0.6) is 0 Å². The SMILES string of the molecule is Cc1sc2ccccc2c(=O)c1-c1ccc(N)cc1. The van der Waals surface area contributed by atoms with Crippen molar-refractivity contribution in [3.63, 3.8) is 0 Å². The van der Waals surface area contributed by atoms with Crippen molar-refractivity contribution in [1.82, 2.24) is 0 Å². The molecular formula is C16H13NOS. The van der Waals surface area contributed by atoms with Crippen LogP contribution in [0.15, 0.2) is 53.3 Å². The van der Waals surface area contributed by atoms with Gasteiger partial charge in [-0.3, -0.25) is 4.79 Å². The number of benzene rings is 2. The quantitative estimate of drug-likeness (QED) is 0.681. The summed E-state index contributed by atoms with van der Waals surface area (Å²) >= 11 is 1.65. The lowest BCUT2D eigenvalue weighted by Crippen LogP contribution is -2.06. The van der Waals surface area contributed by atoms with E-state index in [4.69, 9.17) is 5.73 Å². The standard InChI is InChI=1S/C16H13NOS/c1-10-15(11-6-8-12(17)9-7-11)16(18)13-4-2-3-5-14(13)19-10/h2-9H,17H2,1H3. The Morgan fingerprint density at radius 3 is 2.42 bits per heavy atom. The molecule has 0 aliphatic carbocycles. The van der Waals surface area contributed by atoms with E-state index in [1.165, 1.54) is 0 Å². The van der Waals surface area contributed by atoms with Crippen LogP contribution in [-0.4, -0.2) is 0 Å². The number of fused-ring (bicyclic) bond motifs is 1. The molecule has 3 aromatic rings. The van der Waals surface area contributed by atoms with E-state index in [1.54, 1.807) is 11.3 Å². The Morgan fingerprint density at radius 2 is 1.68 bits per heavy atom. The summed E-state index contributed by atoms with van der Waals surface area (Å²) in [6.07, 6.45) is 0. The number of nitrogens with two attached hydrogens (primary N) is 1. The van der Waals surface area contributed by atoms with Gasteiger partial charge < -0.3 is 5.73 Å². The summed E-state index contributed by atoms with van der Waals surface area (Å²) in [7, 11) is 0. The minimum Gasteiger partial charge on any atom is -0.399 e. The van der Waals surface area contributed by atoms with Gasteiger partial charge in [0.1, 0.15) is 0 Å². The lowest BCUT2D eigenvalue weighted by molar-refractivity contribution is 1.53. The summed E-state index contributed by atoms with van der Waals surface area (Å²) < 4.78 is 1.03. The van der Waals surface area contributed by atoms with Crippen LogP contribution in [0.25, 0.3) is 21.2 Å². The average molecular weight is 267 g/mol. The van der Waals surface area contributed by atoms with Crippen LogP contribution in [0.3, 0.4) is 0 Å². The van der Waals surface area contributed by atoms with Crippen LogP contribution >= 0.6 is 11.3 Å². The molecule has 2 N–H and O–H groups in total. The fourth-order valence-electron chi connectivity index (χ4n) is 2.24. The topological polar surface area (TPSA) is 43.1 Å². The van der Waals surface area contributed by atoms with Crippen molar-refractivity contribution in [1.29, 1.82) is 0 Å². The zero-order chi connectivity index (χ0) is 13.4. The molecule has 0 spiro atoms. The van der Waals surface area contributed by atoms with Gasteiger partial charge in [-0.2, -0.15) is 0 Å². The highest BCUT2D eigenvalue weighted by Crippen LogP contribution is 2.28. The largest absolute Gasteiger partial charge is 0.399 e. The van der Waals surface area contributed by atoms with Gasteiger partial charge in [-0.25, -0.2) is 0 Å². The van der Waals surface area contributed by atoms with E-state index in [-0.39, 0.29) is 5.43 Å². The zero-order valence-corrected chi connectivity index (χ0v) is 11.3. The van der Waals surface area contributed by atoms with E-state index in [1.807, 2.05) is 55.5 Å². The van der Waals surface area contributed by atoms with Crippen LogP contribution in [0.1, 0.15) is 4.88 Å². The maximum Gasteiger partial charge on any atom is 0.196 e. The van der Waals surface area contributed by atoms with Gasteiger partial charge in [-0.05, 0) is 36.8 Å². The predicted molar refractivity (Wildman–Crippen MR) is 82.7 cm³/mol. The molecule has 0 aliphatic heterocycles. The number of anilines is 1. The van der Waals surface area contributed by atoms with Crippen LogP contribution in [0, 0.1) is 6.92 Å². The average Bonchev–Trinajstić information content (AvgIpc) is 2.41. The highest BCUT2D eigenvalue weighted by molar-refractivity contribution is 7.18. The van der Waals surface area contributed by atoms with Crippen LogP contribution < -0.4 is 11.2 Å². The fraction of sp³-hybridized carbons (Fsp3) is 0.0625. The summed E-state index contributed by atoms with van der Waals surface area (Å²) in [6.45, 7) is 1.99. The first-order valence-electron chi connectivity index (χ1n) is 6.05. The zero-order valence-electron chi connectivity index (χ0n) is 10.5. The molecule has 1 heterocycles. The molecule has 0 radical (unpaired) electrons. The van der Waals surface area contributed by atoms with Crippen molar-refractivity contribution >= 4 is 27.1 Å². The first kappa shape index (κ1) is 11.9. The second-order valence-electron chi connectivity index (χ2n) is 4.48. The van der Waals surface area contributed by atoms with Gasteiger partial charge in [0, 0.05) is 26.2 Å². The van der Waals surface area contributed by atoms with E-state index in [9.17, 15) is 4.79 Å². The number of hydrogen-bond donors (Lipinski definition) is 1. The third-order valence-electron chi connectivity index (χ3n) is 3.17. The Morgan fingerprint density at radius 1 is 1.00 bits per heavy atom. The number of nitrogen functional groups attached to an aromatic ring is 1. The van der Waals surface area contributed by atoms with Crippen LogP contribution in [0.4, 0.5) is 5.69 Å². The Balaban J connectivity index is 2.35. The number of aryl methyl sites for hydroxylation is 1. The molecule has 2 nitrogen and oxygen atoms in total. The van der Waals surface area contributed by atoms with Gasteiger partial charge in [0.2, 0.25) is 0 Å². The van der Waals surface area contributed by atoms with Crippen molar-refractivity contribution < 1.29 is 0 Å². The summed E-state index contributed by atoms with van der Waals surface area (Å²) in [5, 5.41) is 0.782. The van der Waals surface area contributed by atoms with E-state index in [0.29, 0.717) is 5.69 Å². The van der Waals surface area contributed by atoms with Crippen LogP contribution in [-0.2, 0) is 0 Å². The minimum absolute atomic E-state index is 0.0941. The predicted octanol–water partition coefficient (Wildman–Crippen LogP) is 3.82. The molecule has 0 aliphatic rings. The lowest BCUT2D eigenvalue weighted by atomic mass is 10.0. The maximum atomic E-state index is 12.6. The molecule has 0 fully saturated rings. The van der Waals surface area contributed by atoms with E-state index in [0.717, 1.165) is 26.1 Å². The molecule has 94 valence electrons. The highest BCUT2D eigenvalue weighted by atomic mass is 32.1. The van der Waals surface area contributed by atoms with Gasteiger partial charge in [0.15, 0.2) is 5.43 Å². The first-order chi connectivity index (χ1) is 9.16. The molecule has 0 atom stereocenters. The highest BCUT2D eigenvalue weighted by Gasteiger charge is 2.11. The number of hydrogen-bond acceptors (Lipinski definition) is 3. The maximum absolute atomic E-state index is 12.6. The fourth-order valence-corrected chi connectivity index (χ4v) is 3.30. The van der Waals surface area contributed by atoms with Gasteiger partial charge in [0.05, 0.1) is 0 Å². The van der Waals surface area contributed by atoms with Crippen LogP contribution in [0.2, 0.25) is 0 Å². The monoisotopic (exact) mass is 267 g/mol. The van der Waals surface area contributed by atoms with Crippen molar-refractivity contribution in [2.24, 2.45) is 0 Å². The van der Waals surface area contributed by atoms with E-state index < -0.39 is 0 Å². The summed E-state index contributed by atoms with van der Waals surface area (Å²) in [5.41, 5.74) is 8.21. The van der Waals surface area contributed by atoms with Crippen molar-refractivity contribution in [2.45, 2.75) is 6.92 Å². The minimum atomic E-state index is 0.0941. The second kappa shape index (κ2) is 4.52. The van der Waals surface area contributed by atoms with Crippen molar-refractivity contribution in [2.75, 3.05) is 5.73 Å². The summed E-state index contributed by atoms with van der Waals surface area (Å²) in [4.78, 5) is 13.6. The Hall–Kier alpha value is -2.13. The van der Waals surface area contributed by atoms with Gasteiger partial charge in [-0.15, -0.1) is 11.3 Å². The van der Waals surface area contributed by atoms with Gasteiger partial charge >= 0.3 is 0 Å². The van der Waals surface area contributed by atoms with E-state index >= 15 is 0 Å². The molecule has 0 saturated heterocycles. The third kappa shape index (κ3) is 2.02. The number of rotatable bonds is 1.